The number of H-pyrrole nitrogens is 1. The van der Waals surface area contributed by atoms with Crippen LogP contribution in [-0.2, 0) is 32.1 Å². The van der Waals surface area contributed by atoms with Crippen molar-refractivity contribution in [3.63, 3.8) is 0 Å². The summed E-state index contributed by atoms with van der Waals surface area (Å²) < 4.78 is 5.27. The van der Waals surface area contributed by atoms with Crippen molar-refractivity contribution < 1.29 is 23.9 Å². The number of amides is 3. The minimum absolute atomic E-state index is 0.0194. The maximum absolute atomic E-state index is 13.2. The van der Waals surface area contributed by atoms with Gasteiger partial charge in [-0.1, -0.05) is 50.2 Å². The topological polar surface area (TPSA) is 146 Å². The lowest BCUT2D eigenvalue weighted by molar-refractivity contribution is -0.140. The van der Waals surface area contributed by atoms with Gasteiger partial charge in [0, 0.05) is 24.7 Å². The molecule has 0 fully saturated rings. The molecule has 0 spiro atoms. The van der Waals surface area contributed by atoms with E-state index in [1.54, 1.807) is 51.1 Å². The molecule has 0 aliphatic heterocycles. The van der Waals surface area contributed by atoms with Crippen LogP contribution in [0.25, 0.3) is 0 Å². The minimum Gasteiger partial charge on any atom is -0.444 e. The molecule has 0 saturated carbocycles. The molecule has 10 heteroatoms. The fourth-order valence-corrected chi connectivity index (χ4v) is 3.49. The molecule has 0 bridgehead atoms. The fourth-order valence-electron chi connectivity index (χ4n) is 3.49. The van der Waals surface area contributed by atoms with E-state index in [0.717, 1.165) is 5.56 Å². The van der Waals surface area contributed by atoms with Crippen LogP contribution in [0.4, 0.5) is 4.79 Å². The highest BCUT2D eigenvalue weighted by Crippen LogP contribution is 2.11. The van der Waals surface area contributed by atoms with Crippen LogP contribution in [0.2, 0.25) is 0 Å². The Kier molecular flexibility index (Phi) is 10.6. The van der Waals surface area contributed by atoms with Gasteiger partial charge in [0.1, 0.15) is 17.7 Å². The molecule has 0 radical (unpaired) electrons. The van der Waals surface area contributed by atoms with Crippen molar-refractivity contribution in [2.75, 3.05) is 0 Å². The lowest BCUT2D eigenvalue weighted by Gasteiger charge is -2.26. The van der Waals surface area contributed by atoms with Crippen LogP contribution in [0.3, 0.4) is 0 Å². The number of carbonyl (C=O) groups excluding carboxylic acids is 4. The van der Waals surface area contributed by atoms with E-state index in [1.807, 2.05) is 19.9 Å². The van der Waals surface area contributed by atoms with E-state index in [4.69, 9.17) is 4.74 Å². The number of carbonyl (C=O) groups is 4. The third-order valence-electron chi connectivity index (χ3n) is 5.19. The van der Waals surface area contributed by atoms with Gasteiger partial charge in [0.15, 0.2) is 0 Å². The van der Waals surface area contributed by atoms with Crippen molar-refractivity contribution in [3.05, 3.63) is 70.1 Å². The fraction of sp³-hybridized carbons (Fsp3) is 0.444. The molecule has 3 amide bonds. The molecule has 2 atom stereocenters. The molecule has 37 heavy (non-hydrogen) atoms. The van der Waals surface area contributed by atoms with Gasteiger partial charge in [0.25, 0.3) is 11.5 Å². The summed E-state index contributed by atoms with van der Waals surface area (Å²) in [6.07, 6.45) is 0.714. The van der Waals surface area contributed by atoms with E-state index in [-0.39, 0.29) is 30.9 Å². The summed E-state index contributed by atoms with van der Waals surface area (Å²) in [5.74, 6) is -2.46. The average Bonchev–Trinajstić information content (AvgIpc) is 2.81. The molecule has 200 valence electrons. The first-order valence-corrected chi connectivity index (χ1v) is 12.2. The SMILES string of the molecule is CC(C)C[C@H](NC(=O)OC(C)(C)C)C(=O)N[C@@H](Cc1ccc[nH]c1=O)C(=O)C(=O)NCc1ccccc1. The molecular weight excluding hydrogens is 476 g/mol. The van der Waals surface area contributed by atoms with Gasteiger partial charge in [0.2, 0.25) is 11.7 Å². The number of benzene rings is 1. The zero-order valence-electron chi connectivity index (χ0n) is 21.9. The highest BCUT2D eigenvalue weighted by atomic mass is 16.6. The average molecular weight is 513 g/mol. The highest BCUT2D eigenvalue weighted by Gasteiger charge is 2.32. The molecule has 10 nitrogen and oxygen atoms in total. The van der Waals surface area contributed by atoms with E-state index < -0.39 is 46.9 Å². The number of nitrogens with one attached hydrogen (secondary N) is 4. The molecular formula is C27H36N4O6. The Morgan fingerprint density at radius 1 is 0.946 bits per heavy atom. The number of aromatic nitrogens is 1. The second-order valence-corrected chi connectivity index (χ2v) is 10.2. The Morgan fingerprint density at radius 2 is 1.62 bits per heavy atom. The van der Waals surface area contributed by atoms with Crippen molar-refractivity contribution in [3.8, 4) is 0 Å². The smallest absolute Gasteiger partial charge is 0.408 e. The molecule has 1 aromatic carbocycles. The largest absolute Gasteiger partial charge is 0.444 e. The number of ketones is 1. The van der Waals surface area contributed by atoms with Gasteiger partial charge in [-0.3, -0.25) is 19.2 Å². The number of Topliss-reactive ketones (excluding diaryl/α,β-unsaturated/α-hetero) is 1. The molecule has 0 aliphatic rings. The zero-order chi connectivity index (χ0) is 27.6. The Bertz CT molecular complexity index is 1140. The lowest BCUT2D eigenvalue weighted by atomic mass is 10.00. The van der Waals surface area contributed by atoms with Crippen LogP contribution in [0, 0.1) is 5.92 Å². The number of pyridine rings is 1. The van der Waals surface area contributed by atoms with Crippen molar-refractivity contribution in [2.24, 2.45) is 5.92 Å². The Balaban J connectivity index is 2.22. The van der Waals surface area contributed by atoms with Gasteiger partial charge in [0.05, 0.1) is 0 Å². The molecule has 2 aromatic rings. The van der Waals surface area contributed by atoms with Crippen molar-refractivity contribution >= 4 is 23.7 Å². The minimum atomic E-state index is -1.33. The van der Waals surface area contributed by atoms with E-state index in [9.17, 15) is 24.0 Å². The number of ether oxygens (including phenoxy) is 1. The first kappa shape index (κ1) is 29.3. The molecule has 0 saturated heterocycles. The predicted molar refractivity (Wildman–Crippen MR) is 139 cm³/mol. The number of alkyl carbamates (subject to hydrolysis) is 1. The summed E-state index contributed by atoms with van der Waals surface area (Å²) in [7, 11) is 0. The van der Waals surface area contributed by atoms with E-state index in [0.29, 0.717) is 0 Å². The quantitative estimate of drug-likeness (QED) is 0.340. The first-order chi connectivity index (χ1) is 17.4. The normalized spacial score (nSPS) is 12.8. The number of aromatic amines is 1. The van der Waals surface area contributed by atoms with Crippen LogP contribution < -0.4 is 21.5 Å². The number of rotatable bonds is 11. The third-order valence-corrected chi connectivity index (χ3v) is 5.19. The summed E-state index contributed by atoms with van der Waals surface area (Å²) in [5.41, 5.74) is -0.197. The third kappa shape index (κ3) is 10.3. The monoisotopic (exact) mass is 512 g/mol. The van der Waals surface area contributed by atoms with E-state index in [1.165, 1.54) is 12.3 Å². The summed E-state index contributed by atoms with van der Waals surface area (Å²) in [6.45, 7) is 8.97. The van der Waals surface area contributed by atoms with Crippen molar-refractivity contribution in [2.45, 2.75) is 71.7 Å². The van der Waals surface area contributed by atoms with Crippen molar-refractivity contribution in [1.82, 2.24) is 20.9 Å². The first-order valence-electron chi connectivity index (χ1n) is 12.2. The standard InChI is InChI=1S/C27H36N4O6/c1-17(2)14-21(31-26(36)37-27(3,4)5)24(34)30-20(15-19-12-9-13-28-23(19)33)22(32)25(35)29-16-18-10-7-6-8-11-18/h6-13,17,20-21H,14-16H2,1-5H3,(H,28,33)(H,29,35)(H,30,34)(H,31,36)/t20-,21-/m0/s1. The molecule has 4 N–H and O–H groups in total. The Hall–Kier alpha value is -3.95. The van der Waals surface area contributed by atoms with Gasteiger partial charge in [-0.15, -0.1) is 0 Å². The van der Waals surface area contributed by atoms with Gasteiger partial charge in [-0.25, -0.2) is 4.79 Å². The number of hydrogen-bond donors (Lipinski definition) is 4. The highest BCUT2D eigenvalue weighted by molar-refractivity contribution is 6.38. The van der Waals surface area contributed by atoms with Crippen LogP contribution in [0.5, 0.6) is 0 Å². The maximum Gasteiger partial charge on any atom is 0.408 e. The molecule has 1 aromatic heterocycles. The van der Waals surface area contributed by atoms with Crippen LogP contribution in [0.15, 0.2) is 53.5 Å². The van der Waals surface area contributed by atoms with Crippen molar-refractivity contribution in [1.29, 1.82) is 0 Å². The van der Waals surface area contributed by atoms with Gasteiger partial charge in [-0.2, -0.15) is 0 Å². The van der Waals surface area contributed by atoms with Crippen LogP contribution in [-0.4, -0.2) is 46.4 Å². The summed E-state index contributed by atoms with van der Waals surface area (Å²) in [4.78, 5) is 66.2. The van der Waals surface area contributed by atoms with Crippen LogP contribution in [0.1, 0.15) is 52.2 Å². The molecule has 0 aliphatic carbocycles. The van der Waals surface area contributed by atoms with E-state index in [2.05, 4.69) is 20.9 Å². The summed E-state index contributed by atoms with van der Waals surface area (Å²) in [5, 5.41) is 7.68. The number of hydrogen-bond acceptors (Lipinski definition) is 6. The Labute approximate surface area is 216 Å². The van der Waals surface area contributed by atoms with E-state index >= 15 is 0 Å². The summed E-state index contributed by atoms with van der Waals surface area (Å²) in [6, 6.07) is 9.78. The van der Waals surface area contributed by atoms with Crippen LogP contribution >= 0.6 is 0 Å². The predicted octanol–water partition coefficient (Wildman–Crippen LogP) is 2.23. The molecule has 1 heterocycles. The molecule has 0 unspecified atom stereocenters. The second-order valence-electron chi connectivity index (χ2n) is 10.2. The zero-order valence-corrected chi connectivity index (χ0v) is 21.9. The van der Waals surface area contributed by atoms with Gasteiger partial charge < -0.3 is 25.7 Å². The molecule has 2 rings (SSSR count). The van der Waals surface area contributed by atoms with Gasteiger partial charge >= 0.3 is 6.09 Å². The lowest BCUT2D eigenvalue weighted by Crippen LogP contribution is -2.55. The van der Waals surface area contributed by atoms with Gasteiger partial charge in [-0.05, 0) is 44.7 Å². The Morgan fingerprint density at radius 3 is 2.22 bits per heavy atom. The maximum atomic E-state index is 13.2. The second kappa shape index (κ2) is 13.4. The summed E-state index contributed by atoms with van der Waals surface area (Å²) >= 11 is 0.